The number of rotatable bonds is 6. The van der Waals surface area contributed by atoms with Crippen LogP contribution in [0.1, 0.15) is 45.4 Å². The molecule has 3 nitrogen and oxygen atoms in total. The lowest BCUT2D eigenvalue weighted by atomic mass is 10.0. The Hall–Kier alpha value is -0.220. The Kier molecular flexibility index (Phi) is 6.51. The minimum atomic E-state index is 0.350. The standard InChI is InChI=1S/C15H28N2OS/c1-2-3-4-13-5-6-14(11-13)19-12-15(18)17-9-7-16-8-10-17/h13-14,16H,2-12H2,1H3. The quantitative estimate of drug-likeness (QED) is 0.813. The van der Waals surface area contributed by atoms with Crippen LogP contribution in [0.5, 0.6) is 0 Å². The van der Waals surface area contributed by atoms with E-state index in [9.17, 15) is 4.79 Å². The molecule has 1 heterocycles. The minimum Gasteiger partial charge on any atom is -0.339 e. The zero-order valence-corrected chi connectivity index (χ0v) is 13.0. The van der Waals surface area contributed by atoms with Crippen molar-refractivity contribution in [3.8, 4) is 0 Å². The largest absolute Gasteiger partial charge is 0.339 e. The van der Waals surface area contributed by atoms with Crippen LogP contribution in [-0.2, 0) is 4.79 Å². The van der Waals surface area contributed by atoms with Gasteiger partial charge in [-0.1, -0.05) is 26.2 Å². The molecule has 1 aliphatic heterocycles. The highest BCUT2D eigenvalue weighted by atomic mass is 32.2. The summed E-state index contributed by atoms with van der Waals surface area (Å²) in [5.74, 6) is 1.99. The van der Waals surface area contributed by atoms with E-state index in [1.165, 1.54) is 38.5 Å². The summed E-state index contributed by atoms with van der Waals surface area (Å²) in [4.78, 5) is 14.1. The molecule has 0 radical (unpaired) electrons. The van der Waals surface area contributed by atoms with Gasteiger partial charge in [0.15, 0.2) is 0 Å². The molecule has 1 saturated heterocycles. The summed E-state index contributed by atoms with van der Waals surface area (Å²) >= 11 is 1.91. The summed E-state index contributed by atoms with van der Waals surface area (Å²) in [6, 6.07) is 0. The molecule has 1 aliphatic carbocycles. The Labute approximate surface area is 121 Å². The van der Waals surface area contributed by atoms with Crippen molar-refractivity contribution in [3.05, 3.63) is 0 Å². The first kappa shape index (κ1) is 15.2. The zero-order valence-electron chi connectivity index (χ0n) is 12.2. The molecule has 2 atom stereocenters. The number of piperazine rings is 1. The monoisotopic (exact) mass is 284 g/mol. The van der Waals surface area contributed by atoms with Gasteiger partial charge in [-0.2, -0.15) is 0 Å². The topological polar surface area (TPSA) is 32.3 Å². The molecular weight excluding hydrogens is 256 g/mol. The average molecular weight is 284 g/mol. The van der Waals surface area contributed by atoms with Gasteiger partial charge in [0.2, 0.25) is 5.91 Å². The molecule has 1 saturated carbocycles. The Balaban J connectivity index is 1.61. The minimum absolute atomic E-state index is 0.350. The number of carbonyl (C=O) groups excluding carboxylic acids is 1. The van der Waals surface area contributed by atoms with E-state index >= 15 is 0 Å². The number of amides is 1. The first-order valence-electron chi connectivity index (χ1n) is 7.89. The van der Waals surface area contributed by atoms with Crippen molar-refractivity contribution in [1.82, 2.24) is 10.2 Å². The lowest BCUT2D eigenvalue weighted by Gasteiger charge is -2.27. The average Bonchev–Trinajstić information content (AvgIpc) is 2.91. The molecule has 0 aromatic carbocycles. The van der Waals surface area contributed by atoms with E-state index in [2.05, 4.69) is 12.2 Å². The van der Waals surface area contributed by atoms with Crippen LogP contribution in [0.15, 0.2) is 0 Å². The summed E-state index contributed by atoms with van der Waals surface area (Å²) in [5.41, 5.74) is 0. The highest BCUT2D eigenvalue weighted by Crippen LogP contribution is 2.36. The van der Waals surface area contributed by atoms with Crippen molar-refractivity contribution >= 4 is 17.7 Å². The summed E-state index contributed by atoms with van der Waals surface area (Å²) in [6.07, 6.45) is 8.16. The van der Waals surface area contributed by atoms with Gasteiger partial charge in [0, 0.05) is 31.4 Å². The highest BCUT2D eigenvalue weighted by molar-refractivity contribution is 8.00. The number of hydrogen-bond acceptors (Lipinski definition) is 3. The SMILES string of the molecule is CCCCC1CCC(SCC(=O)N2CCNCC2)C1. The highest BCUT2D eigenvalue weighted by Gasteiger charge is 2.26. The van der Waals surface area contributed by atoms with E-state index in [-0.39, 0.29) is 0 Å². The third kappa shape index (κ3) is 4.99. The molecular formula is C15H28N2OS. The van der Waals surface area contributed by atoms with Crippen LogP contribution < -0.4 is 5.32 Å². The molecule has 2 unspecified atom stereocenters. The Bertz CT molecular complexity index is 279. The van der Waals surface area contributed by atoms with Gasteiger partial charge >= 0.3 is 0 Å². The Morgan fingerprint density at radius 2 is 2.11 bits per heavy atom. The maximum absolute atomic E-state index is 12.1. The van der Waals surface area contributed by atoms with Crippen LogP contribution in [0, 0.1) is 5.92 Å². The third-order valence-electron chi connectivity index (χ3n) is 4.37. The first-order valence-corrected chi connectivity index (χ1v) is 8.94. The molecule has 2 aliphatic rings. The summed E-state index contributed by atoms with van der Waals surface area (Å²) in [6.45, 7) is 5.97. The number of hydrogen-bond donors (Lipinski definition) is 1. The molecule has 110 valence electrons. The number of nitrogens with zero attached hydrogens (tertiary/aromatic N) is 1. The van der Waals surface area contributed by atoms with E-state index in [0.29, 0.717) is 11.7 Å². The van der Waals surface area contributed by atoms with Gasteiger partial charge in [-0.05, 0) is 25.2 Å². The smallest absolute Gasteiger partial charge is 0.232 e. The maximum Gasteiger partial charge on any atom is 0.232 e. The van der Waals surface area contributed by atoms with Crippen molar-refractivity contribution in [3.63, 3.8) is 0 Å². The fourth-order valence-corrected chi connectivity index (χ4v) is 4.40. The lowest BCUT2D eigenvalue weighted by molar-refractivity contribution is -0.128. The van der Waals surface area contributed by atoms with Crippen molar-refractivity contribution in [1.29, 1.82) is 0 Å². The normalized spacial score (nSPS) is 27.7. The van der Waals surface area contributed by atoms with Gasteiger partial charge in [-0.25, -0.2) is 0 Å². The lowest BCUT2D eigenvalue weighted by Crippen LogP contribution is -2.47. The Morgan fingerprint density at radius 1 is 1.32 bits per heavy atom. The van der Waals surface area contributed by atoms with Crippen LogP contribution >= 0.6 is 11.8 Å². The van der Waals surface area contributed by atoms with Gasteiger partial charge in [0.1, 0.15) is 0 Å². The fraction of sp³-hybridized carbons (Fsp3) is 0.933. The fourth-order valence-electron chi connectivity index (χ4n) is 3.13. The van der Waals surface area contributed by atoms with E-state index in [1.54, 1.807) is 0 Å². The van der Waals surface area contributed by atoms with Crippen molar-refractivity contribution in [2.24, 2.45) is 5.92 Å². The molecule has 2 fully saturated rings. The van der Waals surface area contributed by atoms with Crippen LogP contribution in [0.4, 0.5) is 0 Å². The number of unbranched alkanes of at least 4 members (excludes halogenated alkanes) is 1. The second kappa shape index (κ2) is 8.15. The number of thioether (sulfide) groups is 1. The van der Waals surface area contributed by atoms with Gasteiger partial charge in [-0.15, -0.1) is 11.8 Å². The molecule has 0 spiro atoms. The number of nitrogens with one attached hydrogen (secondary N) is 1. The van der Waals surface area contributed by atoms with Crippen LogP contribution in [0.25, 0.3) is 0 Å². The molecule has 0 aromatic heterocycles. The van der Waals surface area contributed by atoms with E-state index in [1.807, 2.05) is 16.7 Å². The van der Waals surface area contributed by atoms with Crippen LogP contribution in [0.2, 0.25) is 0 Å². The molecule has 1 amide bonds. The van der Waals surface area contributed by atoms with E-state index < -0.39 is 0 Å². The molecule has 19 heavy (non-hydrogen) atoms. The van der Waals surface area contributed by atoms with Crippen LogP contribution in [0.3, 0.4) is 0 Å². The third-order valence-corrected chi connectivity index (χ3v) is 5.68. The molecule has 2 rings (SSSR count). The van der Waals surface area contributed by atoms with E-state index in [4.69, 9.17) is 0 Å². The second-order valence-electron chi connectivity index (χ2n) is 5.89. The predicted molar refractivity (Wildman–Crippen MR) is 82.6 cm³/mol. The van der Waals surface area contributed by atoms with Gasteiger partial charge in [0.25, 0.3) is 0 Å². The van der Waals surface area contributed by atoms with Gasteiger partial charge in [-0.3, -0.25) is 4.79 Å². The van der Waals surface area contributed by atoms with Crippen molar-refractivity contribution < 1.29 is 4.79 Å². The summed E-state index contributed by atoms with van der Waals surface area (Å²) < 4.78 is 0. The molecule has 1 N–H and O–H groups in total. The molecule has 0 bridgehead atoms. The Morgan fingerprint density at radius 3 is 2.84 bits per heavy atom. The van der Waals surface area contributed by atoms with Gasteiger partial charge in [0.05, 0.1) is 5.75 Å². The first-order chi connectivity index (χ1) is 9.29. The zero-order chi connectivity index (χ0) is 13.5. The molecule has 4 heteroatoms. The maximum atomic E-state index is 12.1. The van der Waals surface area contributed by atoms with E-state index in [0.717, 1.165) is 37.3 Å². The second-order valence-corrected chi connectivity index (χ2v) is 7.17. The number of carbonyl (C=O) groups is 1. The summed E-state index contributed by atoms with van der Waals surface area (Å²) in [7, 11) is 0. The molecule has 0 aromatic rings. The van der Waals surface area contributed by atoms with Gasteiger partial charge < -0.3 is 10.2 Å². The van der Waals surface area contributed by atoms with Crippen molar-refractivity contribution in [2.45, 2.75) is 50.7 Å². The predicted octanol–water partition coefficient (Wildman–Crippen LogP) is 2.51. The van der Waals surface area contributed by atoms with Crippen LogP contribution in [-0.4, -0.2) is 48.0 Å². The summed E-state index contributed by atoms with van der Waals surface area (Å²) in [5, 5.41) is 4.04. The van der Waals surface area contributed by atoms with Crippen molar-refractivity contribution in [2.75, 3.05) is 31.9 Å².